The van der Waals surface area contributed by atoms with Crippen molar-refractivity contribution in [2.24, 2.45) is 0 Å². The molecule has 0 saturated heterocycles. The molecule has 9 aromatic carbocycles. The number of nitrogens with two attached hydrogens (primary N) is 1. The fraction of sp³-hybridized carbons (Fsp3) is 0. The van der Waals surface area contributed by atoms with Crippen LogP contribution in [0.1, 0.15) is 11.1 Å². The van der Waals surface area contributed by atoms with Gasteiger partial charge in [-0.2, -0.15) is 0 Å². The van der Waals surface area contributed by atoms with Crippen molar-refractivity contribution >= 4 is 71.3 Å². The summed E-state index contributed by atoms with van der Waals surface area (Å²) < 4.78 is 0. The van der Waals surface area contributed by atoms with Crippen LogP contribution in [0.5, 0.6) is 0 Å². The summed E-state index contributed by atoms with van der Waals surface area (Å²) in [6.45, 7) is 0. The summed E-state index contributed by atoms with van der Waals surface area (Å²) >= 11 is 0. The molecule has 61 heavy (non-hydrogen) atoms. The van der Waals surface area contributed by atoms with E-state index in [4.69, 9.17) is 16.6 Å². The van der Waals surface area contributed by atoms with Crippen LogP contribution < -0.4 is 5.73 Å². The highest BCUT2D eigenvalue weighted by molar-refractivity contribution is 6.61. The lowest BCUT2D eigenvalue weighted by molar-refractivity contribution is 1.33. The molecule has 1 aromatic heterocycles. The SMILES string of the molecule is N=C1C=C(c2ccc3cc(-c4ccc5ccccc5c4)ccc3c2)C=C(c2ccc3cc(-c4ccc5ccccc5c4)ccc3c2)C1=N.Nc1cccc(-c2cccnc2)c1. The van der Waals surface area contributed by atoms with E-state index in [2.05, 4.69) is 169 Å². The molecular weight excluding hydrogens is 741 g/mol. The fourth-order valence-electron chi connectivity index (χ4n) is 8.22. The molecule has 0 unspecified atom stereocenters. The van der Waals surface area contributed by atoms with Crippen molar-refractivity contribution in [1.82, 2.24) is 4.98 Å². The molecule has 4 nitrogen and oxygen atoms in total. The van der Waals surface area contributed by atoms with Crippen molar-refractivity contribution in [2.75, 3.05) is 5.73 Å². The zero-order valence-electron chi connectivity index (χ0n) is 33.3. The van der Waals surface area contributed by atoms with Crippen LogP contribution in [-0.4, -0.2) is 16.4 Å². The molecule has 0 fully saturated rings. The molecule has 0 radical (unpaired) electrons. The standard InChI is InChI=1S/C46H30N2.C11H10N2/c47-45-28-43(41-18-17-37-23-35(13-14-38(37)25-41)33-11-9-29-5-1-3-7-31(29)21-33)27-44(46(45)48)42-20-19-39-24-36(15-16-40(39)26-42)34-12-10-30-6-2-4-8-32(30)22-34;12-11-5-1-3-9(7-11)10-4-2-6-13-8-10/h1-28,47-48H;1-8H,12H2. The van der Waals surface area contributed by atoms with Gasteiger partial charge in [-0.1, -0.05) is 140 Å². The average molecular weight is 781 g/mol. The van der Waals surface area contributed by atoms with E-state index in [1.54, 1.807) is 6.20 Å². The van der Waals surface area contributed by atoms with Crippen molar-refractivity contribution in [3.8, 4) is 33.4 Å². The van der Waals surface area contributed by atoms with Gasteiger partial charge in [0.15, 0.2) is 0 Å². The number of fused-ring (bicyclic) bond motifs is 4. The molecule has 10 aromatic rings. The second-order valence-corrected chi connectivity index (χ2v) is 15.5. The highest BCUT2D eigenvalue weighted by atomic mass is 14.6. The van der Waals surface area contributed by atoms with Gasteiger partial charge in [-0.25, -0.2) is 0 Å². The summed E-state index contributed by atoms with van der Waals surface area (Å²) in [6, 6.07) is 67.9. The first-order valence-corrected chi connectivity index (χ1v) is 20.4. The summed E-state index contributed by atoms with van der Waals surface area (Å²) in [6.07, 6.45) is 7.47. The Morgan fingerprint density at radius 1 is 0.344 bits per heavy atom. The number of aromatic nitrogens is 1. The molecule has 288 valence electrons. The summed E-state index contributed by atoms with van der Waals surface area (Å²) in [5, 5.41) is 27.0. The third-order valence-corrected chi connectivity index (χ3v) is 11.5. The highest BCUT2D eigenvalue weighted by Crippen LogP contribution is 2.34. The monoisotopic (exact) mass is 780 g/mol. The molecule has 4 heteroatoms. The van der Waals surface area contributed by atoms with Gasteiger partial charge >= 0.3 is 0 Å². The maximum Gasteiger partial charge on any atom is 0.0867 e. The number of pyridine rings is 1. The lowest BCUT2D eigenvalue weighted by Gasteiger charge is -2.18. The Morgan fingerprint density at radius 3 is 1.30 bits per heavy atom. The Hall–Kier alpha value is -8.21. The second kappa shape index (κ2) is 15.9. The molecule has 0 aliphatic heterocycles. The maximum atomic E-state index is 8.81. The van der Waals surface area contributed by atoms with Gasteiger partial charge < -0.3 is 5.73 Å². The van der Waals surface area contributed by atoms with E-state index in [0.717, 1.165) is 55.2 Å². The third kappa shape index (κ3) is 7.62. The van der Waals surface area contributed by atoms with E-state index in [1.165, 1.54) is 49.2 Å². The predicted octanol–water partition coefficient (Wildman–Crippen LogP) is 14.5. The van der Waals surface area contributed by atoms with Crippen LogP contribution in [0, 0.1) is 10.8 Å². The summed E-state index contributed by atoms with van der Waals surface area (Å²) in [5.74, 6) is 0. The number of allylic oxidation sites excluding steroid dienone is 4. The van der Waals surface area contributed by atoms with Crippen LogP contribution in [0.25, 0.3) is 87.6 Å². The molecule has 0 amide bonds. The van der Waals surface area contributed by atoms with Crippen LogP contribution in [0.15, 0.2) is 219 Å². The molecule has 0 spiro atoms. The van der Waals surface area contributed by atoms with Gasteiger partial charge in [0.2, 0.25) is 0 Å². The van der Waals surface area contributed by atoms with Crippen LogP contribution >= 0.6 is 0 Å². The largest absolute Gasteiger partial charge is 0.399 e. The smallest absolute Gasteiger partial charge is 0.0867 e. The summed E-state index contributed by atoms with van der Waals surface area (Å²) in [4.78, 5) is 4.05. The third-order valence-electron chi connectivity index (χ3n) is 11.5. The van der Waals surface area contributed by atoms with E-state index < -0.39 is 0 Å². The van der Waals surface area contributed by atoms with Crippen molar-refractivity contribution in [2.45, 2.75) is 0 Å². The molecular formula is C57H40N4. The predicted molar refractivity (Wildman–Crippen MR) is 259 cm³/mol. The minimum atomic E-state index is 0.223. The topological polar surface area (TPSA) is 86.6 Å². The van der Waals surface area contributed by atoms with Gasteiger partial charge in [-0.15, -0.1) is 0 Å². The minimum Gasteiger partial charge on any atom is -0.399 e. The van der Waals surface area contributed by atoms with Crippen molar-refractivity contribution in [3.05, 3.63) is 230 Å². The molecule has 11 rings (SSSR count). The zero-order chi connectivity index (χ0) is 41.3. The van der Waals surface area contributed by atoms with Gasteiger partial charge in [0.05, 0.1) is 11.4 Å². The van der Waals surface area contributed by atoms with Gasteiger partial charge in [0, 0.05) is 29.2 Å². The first kappa shape index (κ1) is 37.1. The second-order valence-electron chi connectivity index (χ2n) is 15.5. The van der Waals surface area contributed by atoms with E-state index >= 15 is 0 Å². The normalized spacial score (nSPS) is 12.6. The fourth-order valence-corrected chi connectivity index (χ4v) is 8.22. The molecule has 4 N–H and O–H groups in total. The molecule has 1 aliphatic carbocycles. The number of hydrogen-bond acceptors (Lipinski definition) is 4. The van der Waals surface area contributed by atoms with Crippen LogP contribution in [0.4, 0.5) is 5.69 Å². The quantitative estimate of drug-likeness (QED) is 0.120. The molecule has 0 saturated carbocycles. The molecule has 1 heterocycles. The first-order valence-electron chi connectivity index (χ1n) is 20.4. The van der Waals surface area contributed by atoms with Gasteiger partial charge in [-0.3, -0.25) is 15.8 Å². The summed E-state index contributed by atoms with van der Waals surface area (Å²) in [5.41, 5.74) is 17.6. The summed E-state index contributed by atoms with van der Waals surface area (Å²) in [7, 11) is 0. The van der Waals surface area contributed by atoms with Crippen LogP contribution in [-0.2, 0) is 0 Å². The van der Waals surface area contributed by atoms with Crippen molar-refractivity contribution in [1.29, 1.82) is 10.8 Å². The Bertz CT molecular complexity index is 3410. The van der Waals surface area contributed by atoms with Gasteiger partial charge in [0.1, 0.15) is 0 Å². The van der Waals surface area contributed by atoms with E-state index in [0.29, 0.717) is 0 Å². The Morgan fingerprint density at radius 2 is 0.770 bits per heavy atom. The number of benzene rings is 9. The lowest BCUT2D eigenvalue weighted by atomic mass is 9.86. The van der Waals surface area contributed by atoms with Crippen LogP contribution in [0.2, 0.25) is 0 Å². The molecule has 0 bridgehead atoms. The van der Waals surface area contributed by atoms with Crippen LogP contribution in [0.3, 0.4) is 0 Å². The molecule has 0 atom stereocenters. The van der Waals surface area contributed by atoms with Gasteiger partial charge in [0.25, 0.3) is 0 Å². The van der Waals surface area contributed by atoms with Gasteiger partial charge in [-0.05, 0) is 154 Å². The van der Waals surface area contributed by atoms with E-state index in [-0.39, 0.29) is 11.4 Å². The number of anilines is 1. The highest BCUT2D eigenvalue weighted by Gasteiger charge is 2.19. The average Bonchev–Trinajstić information content (AvgIpc) is 3.32. The molecule has 1 aliphatic rings. The zero-order valence-corrected chi connectivity index (χ0v) is 33.3. The van der Waals surface area contributed by atoms with E-state index in [9.17, 15) is 0 Å². The number of nitrogen functional groups attached to an aromatic ring is 1. The Kier molecular flexibility index (Phi) is 9.64. The first-order chi connectivity index (χ1) is 29.9. The Balaban J connectivity index is 0.000000293. The Labute approximate surface area is 354 Å². The maximum absolute atomic E-state index is 8.81. The number of rotatable bonds is 5. The number of nitrogens with zero attached hydrogens (tertiary/aromatic N) is 1. The van der Waals surface area contributed by atoms with Crippen molar-refractivity contribution in [3.63, 3.8) is 0 Å². The van der Waals surface area contributed by atoms with E-state index in [1.807, 2.05) is 48.7 Å². The lowest BCUT2D eigenvalue weighted by Crippen LogP contribution is -2.15. The number of hydrogen-bond donors (Lipinski definition) is 3. The number of nitrogens with one attached hydrogen (secondary N) is 2. The minimum absolute atomic E-state index is 0.223. The van der Waals surface area contributed by atoms with Crippen molar-refractivity contribution < 1.29 is 0 Å².